The molecule has 21 heavy (non-hydrogen) atoms. The van der Waals surface area contributed by atoms with Crippen molar-refractivity contribution in [3.8, 4) is 11.5 Å². The van der Waals surface area contributed by atoms with Gasteiger partial charge in [0.15, 0.2) is 6.61 Å². The number of Topliss-reactive ketones (excluding diaryl/α,β-unsaturated/α-hetero) is 1. The first-order chi connectivity index (χ1) is 10.1. The van der Waals surface area contributed by atoms with Crippen molar-refractivity contribution in [3.05, 3.63) is 41.2 Å². The van der Waals surface area contributed by atoms with Crippen molar-refractivity contribution in [2.75, 3.05) is 6.61 Å². The maximum Gasteiger partial charge on any atom is 0.339 e. The van der Waals surface area contributed by atoms with Crippen molar-refractivity contribution in [1.29, 1.82) is 0 Å². The standard InChI is InChI=1S/C14H12N2O5/c1-16-11(10(5-15-16)14(18)19)6-20-8-2-3-9-12(17)7-21-13(9)4-8/h2-5H,6-7H2,1H3,(H,18,19). The molecule has 0 aliphatic carbocycles. The Morgan fingerprint density at radius 1 is 1.52 bits per heavy atom. The first kappa shape index (κ1) is 13.2. The Balaban J connectivity index is 1.78. The molecule has 1 N–H and O–H groups in total. The zero-order valence-electron chi connectivity index (χ0n) is 11.2. The quantitative estimate of drug-likeness (QED) is 0.911. The van der Waals surface area contributed by atoms with Gasteiger partial charge >= 0.3 is 5.97 Å². The smallest absolute Gasteiger partial charge is 0.339 e. The van der Waals surface area contributed by atoms with E-state index in [2.05, 4.69) is 5.10 Å². The van der Waals surface area contributed by atoms with Gasteiger partial charge in [0.25, 0.3) is 0 Å². The molecule has 0 atom stereocenters. The average molecular weight is 288 g/mol. The van der Waals surface area contributed by atoms with Crippen LogP contribution in [-0.4, -0.2) is 33.2 Å². The lowest BCUT2D eigenvalue weighted by molar-refractivity contribution is 0.0693. The molecule has 0 radical (unpaired) electrons. The average Bonchev–Trinajstić information content (AvgIpc) is 3.00. The number of ether oxygens (including phenoxy) is 2. The highest BCUT2D eigenvalue weighted by atomic mass is 16.5. The number of aromatic nitrogens is 2. The van der Waals surface area contributed by atoms with E-state index in [9.17, 15) is 9.59 Å². The molecule has 1 aliphatic rings. The van der Waals surface area contributed by atoms with E-state index in [1.165, 1.54) is 10.9 Å². The summed E-state index contributed by atoms with van der Waals surface area (Å²) in [5.74, 6) is -0.122. The molecule has 7 heteroatoms. The second-order valence-corrected chi connectivity index (χ2v) is 4.59. The third-order valence-corrected chi connectivity index (χ3v) is 3.28. The summed E-state index contributed by atoms with van der Waals surface area (Å²) in [6, 6.07) is 4.92. The van der Waals surface area contributed by atoms with Crippen molar-refractivity contribution in [2.24, 2.45) is 7.05 Å². The number of carbonyl (C=O) groups excluding carboxylic acids is 1. The van der Waals surface area contributed by atoms with Gasteiger partial charge in [0.1, 0.15) is 23.7 Å². The van der Waals surface area contributed by atoms with E-state index in [-0.39, 0.29) is 24.6 Å². The molecule has 0 bridgehead atoms. The van der Waals surface area contributed by atoms with Crippen LogP contribution in [0.3, 0.4) is 0 Å². The highest BCUT2D eigenvalue weighted by molar-refractivity contribution is 6.02. The van der Waals surface area contributed by atoms with Gasteiger partial charge in [0.05, 0.1) is 17.5 Å². The van der Waals surface area contributed by atoms with E-state index < -0.39 is 5.97 Å². The van der Waals surface area contributed by atoms with Crippen LogP contribution in [0.25, 0.3) is 0 Å². The van der Waals surface area contributed by atoms with Crippen LogP contribution in [0.15, 0.2) is 24.4 Å². The number of fused-ring (bicyclic) bond motifs is 1. The maximum atomic E-state index is 11.4. The molecule has 3 rings (SSSR count). The van der Waals surface area contributed by atoms with Crippen molar-refractivity contribution >= 4 is 11.8 Å². The molecule has 1 aromatic carbocycles. The Labute approximate surface area is 119 Å². The highest BCUT2D eigenvalue weighted by Gasteiger charge is 2.21. The minimum absolute atomic E-state index is 0.0453. The second kappa shape index (κ2) is 4.93. The van der Waals surface area contributed by atoms with E-state index in [1.54, 1.807) is 25.2 Å². The van der Waals surface area contributed by atoms with Crippen molar-refractivity contribution in [2.45, 2.75) is 6.61 Å². The van der Waals surface area contributed by atoms with Crippen LogP contribution in [0.4, 0.5) is 0 Å². The fraction of sp³-hybridized carbons (Fsp3) is 0.214. The number of carboxylic acid groups (broad SMARTS) is 1. The first-order valence-electron chi connectivity index (χ1n) is 6.23. The van der Waals surface area contributed by atoms with Crippen molar-refractivity contribution in [1.82, 2.24) is 9.78 Å². The van der Waals surface area contributed by atoms with Gasteiger partial charge in [-0.2, -0.15) is 5.10 Å². The van der Waals surface area contributed by atoms with Gasteiger partial charge in [0.2, 0.25) is 5.78 Å². The van der Waals surface area contributed by atoms with Crippen molar-refractivity contribution < 1.29 is 24.2 Å². The van der Waals surface area contributed by atoms with E-state index in [1.807, 2.05) is 0 Å². The molecular weight excluding hydrogens is 276 g/mol. The number of aryl methyl sites for hydroxylation is 1. The number of aromatic carboxylic acids is 1. The molecular formula is C14H12N2O5. The number of benzene rings is 1. The predicted octanol–water partition coefficient (Wildman–Crippen LogP) is 1.27. The van der Waals surface area contributed by atoms with Crippen LogP contribution < -0.4 is 9.47 Å². The summed E-state index contributed by atoms with van der Waals surface area (Å²) in [5.41, 5.74) is 1.10. The molecule has 0 fully saturated rings. The summed E-state index contributed by atoms with van der Waals surface area (Å²) < 4.78 is 12.3. The molecule has 0 amide bonds. The molecule has 7 nitrogen and oxygen atoms in total. The Morgan fingerprint density at radius 2 is 2.33 bits per heavy atom. The number of ketones is 1. The van der Waals surface area contributed by atoms with E-state index in [0.717, 1.165) is 0 Å². The maximum absolute atomic E-state index is 11.4. The zero-order chi connectivity index (χ0) is 15.0. The third-order valence-electron chi connectivity index (χ3n) is 3.28. The first-order valence-corrected chi connectivity index (χ1v) is 6.23. The number of rotatable bonds is 4. The topological polar surface area (TPSA) is 90.7 Å². The molecule has 0 saturated heterocycles. The van der Waals surface area contributed by atoms with Gasteiger partial charge < -0.3 is 14.6 Å². The van der Waals surface area contributed by atoms with Crippen LogP contribution in [0.1, 0.15) is 26.4 Å². The van der Waals surface area contributed by atoms with Gasteiger partial charge in [-0.05, 0) is 12.1 Å². The molecule has 0 spiro atoms. The monoisotopic (exact) mass is 288 g/mol. The molecule has 0 unspecified atom stereocenters. The zero-order valence-corrected chi connectivity index (χ0v) is 11.2. The second-order valence-electron chi connectivity index (χ2n) is 4.59. The van der Waals surface area contributed by atoms with Crippen molar-refractivity contribution in [3.63, 3.8) is 0 Å². The Bertz CT molecular complexity index is 735. The lowest BCUT2D eigenvalue weighted by Crippen LogP contribution is -2.08. The molecule has 0 saturated carbocycles. The van der Waals surface area contributed by atoms with Crippen LogP contribution >= 0.6 is 0 Å². The Hall–Kier alpha value is -2.83. The van der Waals surface area contributed by atoms with E-state index in [4.69, 9.17) is 14.6 Å². The van der Waals surface area contributed by atoms with Crippen LogP contribution in [0.5, 0.6) is 11.5 Å². The normalized spacial score (nSPS) is 12.9. The van der Waals surface area contributed by atoms with Crippen LogP contribution in [0, 0.1) is 0 Å². The fourth-order valence-corrected chi connectivity index (χ4v) is 2.13. The van der Waals surface area contributed by atoms with E-state index >= 15 is 0 Å². The number of carbonyl (C=O) groups is 2. The largest absolute Gasteiger partial charge is 0.487 e. The fourth-order valence-electron chi connectivity index (χ4n) is 2.13. The minimum atomic E-state index is -1.05. The number of nitrogens with zero attached hydrogens (tertiary/aromatic N) is 2. The summed E-state index contributed by atoms with van der Waals surface area (Å²) in [7, 11) is 1.65. The highest BCUT2D eigenvalue weighted by Crippen LogP contribution is 2.29. The van der Waals surface area contributed by atoms with Gasteiger partial charge in [0, 0.05) is 13.1 Å². The van der Waals surface area contributed by atoms with Gasteiger partial charge in [-0.3, -0.25) is 9.48 Å². The summed E-state index contributed by atoms with van der Waals surface area (Å²) >= 11 is 0. The van der Waals surface area contributed by atoms with E-state index in [0.29, 0.717) is 22.8 Å². The lowest BCUT2D eigenvalue weighted by Gasteiger charge is -2.08. The van der Waals surface area contributed by atoms with Gasteiger partial charge in [-0.1, -0.05) is 0 Å². The van der Waals surface area contributed by atoms with Crippen LogP contribution in [-0.2, 0) is 13.7 Å². The lowest BCUT2D eigenvalue weighted by atomic mass is 10.1. The third kappa shape index (κ3) is 2.33. The number of carboxylic acids is 1. The Kier molecular flexibility index (Phi) is 3.09. The molecule has 2 aromatic rings. The van der Waals surface area contributed by atoms with Gasteiger partial charge in [-0.25, -0.2) is 4.79 Å². The molecule has 1 aromatic heterocycles. The summed E-state index contributed by atoms with van der Waals surface area (Å²) in [5, 5.41) is 13.0. The molecule has 2 heterocycles. The van der Waals surface area contributed by atoms with Gasteiger partial charge in [-0.15, -0.1) is 0 Å². The summed E-state index contributed by atoms with van der Waals surface area (Å²) in [4.78, 5) is 22.5. The molecule has 1 aliphatic heterocycles. The molecule has 108 valence electrons. The predicted molar refractivity (Wildman–Crippen MR) is 70.8 cm³/mol. The van der Waals surface area contributed by atoms with Crippen LogP contribution in [0.2, 0.25) is 0 Å². The minimum Gasteiger partial charge on any atom is -0.487 e. The number of hydrogen-bond acceptors (Lipinski definition) is 5. The summed E-state index contributed by atoms with van der Waals surface area (Å²) in [6.07, 6.45) is 1.28. The Morgan fingerprint density at radius 3 is 3.10 bits per heavy atom. The SMILES string of the molecule is Cn1ncc(C(=O)O)c1COc1ccc2c(c1)OCC2=O. The summed E-state index contributed by atoms with van der Waals surface area (Å²) in [6.45, 7) is 0.106. The number of hydrogen-bond donors (Lipinski definition) is 1.